The third-order valence-corrected chi connectivity index (χ3v) is 5.46. The molecular formula is C20H15ClN2O3S. The van der Waals surface area contributed by atoms with Gasteiger partial charge in [-0.3, -0.25) is 4.79 Å². The van der Waals surface area contributed by atoms with E-state index in [1.165, 1.54) is 11.8 Å². The Morgan fingerprint density at radius 1 is 1.19 bits per heavy atom. The van der Waals surface area contributed by atoms with Crippen molar-refractivity contribution in [2.75, 3.05) is 18.2 Å². The molecule has 0 fully saturated rings. The van der Waals surface area contributed by atoms with Gasteiger partial charge in [0.1, 0.15) is 21.9 Å². The largest absolute Gasteiger partial charge is 0.495 e. The quantitative estimate of drug-likeness (QED) is 0.457. The maximum Gasteiger partial charge on any atom is 0.234 e. The number of nitrogens with one attached hydrogen (secondary N) is 1. The van der Waals surface area contributed by atoms with Gasteiger partial charge in [0.15, 0.2) is 0 Å². The number of carbonyl (C=O) groups excluding carboxylic acids is 1. The Morgan fingerprint density at radius 2 is 2.04 bits per heavy atom. The van der Waals surface area contributed by atoms with Crippen LogP contribution in [-0.4, -0.2) is 23.8 Å². The van der Waals surface area contributed by atoms with E-state index in [-0.39, 0.29) is 11.7 Å². The summed E-state index contributed by atoms with van der Waals surface area (Å²) in [7, 11) is 1.57. The van der Waals surface area contributed by atoms with Gasteiger partial charge in [-0.15, -0.1) is 0 Å². The molecule has 0 saturated carbocycles. The van der Waals surface area contributed by atoms with Crippen LogP contribution in [0.2, 0.25) is 5.02 Å². The van der Waals surface area contributed by atoms with Crippen LogP contribution in [0.1, 0.15) is 0 Å². The van der Waals surface area contributed by atoms with Crippen molar-refractivity contribution in [3.05, 3.63) is 59.8 Å². The molecule has 0 spiro atoms. The number of methoxy groups -OCH3 is 1. The van der Waals surface area contributed by atoms with E-state index in [4.69, 9.17) is 20.8 Å². The summed E-state index contributed by atoms with van der Waals surface area (Å²) in [6, 6.07) is 14.9. The Hall–Kier alpha value is -2.70. The molecule has 27 heavy (non-hydrogen) atoms. The number of hydrogen-bond donors (Lipinski definition) is 1. The number of rotatable bonds is 5. The number of pyridine rings is 1. The van der Waals surface area contributed by atoms with Gasteiger partial charge in [0.25, 0.3) is 0 Å². The molecule has 0 aliphatic rings. The smallest absolute Gasteiger partial charge is 0.234 e. The summed E-state index contributed by atoms with van der Waals surface area (Å²) in [5, 5.41) is 5.96. The number of para-hydroxylation sites is 1. The monoisotopic (exact) mass is 398 g/mol. The highest BCUT2D eigenvalue weighted by atomic mass is 35.5. The average molecular weight is 399 g/mol. The molecule has 0 saturated heterocycles. The van der Waals surface area contributed by atoms with Gasteiger partial charge >= 0.3 is 0 Å². The SMILES string of the molecule is COc1cc2c(cc1NC(=O)CSc1ncccc1Cl)oc1ccccc12. The van der Waals surface area contributed by atoms with Crippen LogP contribution in [0.15, 0.2) is 64.2 Å². The first-order chi connectivity index (χ1) is 13.2. The Bertz CT molecular complexity index is 1140. The Labute approximate surface area is 164 Å². The summed E-state index contributed by atoms with van der Waals surface area (Å²) in [6.45, 7) is 0. The molecule has 1 N–H and O–H groups in total. The lowest BCUT2D eigenvalue weighted by atomic mass is 10.1. The van der Waals surface area contributed by atoms with Crippen molar-refractivity contribution in [1.82, 2.24) is 4.98 Å². The fourth-order valence-corrected chi connectivity index (χ4v) is 3.78. The van der Waals surface area contributed by atoms with Crippen LogP contribution < -0.4 is 10.1 Å². The van der Waals surface area contributed by atoms with Crippen molar-refractivity contribution in [3.63, 3.8) is 0 Å². The highest BCUT2D eigenvalue weighted by Gasteiger charge is 2.14. The summed E-state index contributed by atoms with van der Waals surface area (Å²) < 4.78 is 11.3. The zero-order chi connectivity index (χ0) is 18.8. The van der Waals surface area contributed by atoms with Crippen molar-refractivity contribution in [2.24, 2.45) is 0 Å². The van der Waals surface area contributed by atoms with E-state index in [0.29, 0.717) is 27.1 Å². The molecule has 2 aromatic carbocycles. The third-order valence-electron chi connectivity index (χ3n) is 4.04. The number of furan rings is 1. The molecule has 4 rings (SSSR count). The molecule has 0 aliphatic carbocycles. The number of ether oxygens (including phenoxy) is 1. The standard InChI is InChI=1S/C20H15ClN2O3S/c1-25-18-9-13-12-5-2-3-7-16(12)26-17(13)10-15(18)23-19(24)11-27-20-14(21)6-4-8-22-20/h2-10H,11H2,1H3,(H,23,24). The summed E-state index contributed by atoms with van der Waals surface area (Å²) in [5.74, 6) is 0.566. The molecule has 0 aliphatic heterocycles. The fourth-order valence-electron chi connectivity index (χ4n) is 2.82. The molecule has 0 atom stereocenters. The van der Waals surface area contributed by atoms with Crippen molar-refractivity contribution < 1.29 is 13.9 Å². The van der Waals surface area contributed by atoms with Crippen molar-refractivity contribution in [3.8, 4) is 5.75 Å². The second-order valence-electron chi connectivity index (χ2n) is 5.77. The van der Waals surface area contributed by atoms with E-state index in [9.17, 15) is 4.79 Å². The second kappa shape index (κ2) is 7.50. The van der Waals surface area contributed by atoms with E-state index in [1.807, 2.05) is 30.3 Å². The minimum atomic E-state index is -0.185. The first-order valence-electron chi connectivity index (χ1n) is 8.18. The Balaban J connectivity index is 1.58. The maximum atomic E-state index is 12.4. The van der Waals surface area contributed by atoms with Crippen LogP contribution in [0.25, 0.3) is 21.9 Å². The molecule has 0 radical (unpaired) electrons. The van der Waals surface area contributed by atoms with Gasteiger partial charge in [-0.2, -0.15) is 0 Å². The van der Waals surface area contributed by atoms with Gasteiger partial charge in [-0.1, -0.05) is 41.6 Å². The fraction of sp³-hybridized carbons (Fsp3) is 0.100. The number of hydrogen-bond acceptors (Lipinski definition) is 5. The number of benzene rings is 2. The predicted molar refractivity (Wildman–Crippen MR) is 109 cm³/mol. The first-order valence-corrected chi connectivity index (χ1v) is 9.54. The highest BCUT2D eigenvalue weighted by Crippen LogP contribution is 2.36. The van der Waals surface area contributed by atoms with Gasteiger partial charge < -0.3 is 14.5 Å². The number of carbonyl (C=O) groups is 1. The van der Waals surface area contributed by atoms with Crippen LogP contribution in [0, 0.1) is 0 Å². The maximum absolute atomic E-state index is 12.4. The van der Waals surface area contributed by atoms with Crippen molar-refractivity contribution >= 4 is 56.9 Å². The Morgan fingerprint density at radius 3 is 2.85 bits per heavy atom. The first kappa shape index (κ1) is 17.7. The highest BCUT2D eigenvalue weighted by molar-refractivity contribution is 8.00. The van der Waals surface area contributed by atoms with Crippen LogP contribution in [-0.2, 0) is 4.79 Å². The number of aromatic nitrogens is 1. The van der Waals surface area contributed by atoms with E-state index in [1.54, 1.807) is 31.5 Å². The molecule has 1 amide bonds. The van der Waals surface area contributed by atoms with E-state index < -0.39 is 0 Å². The molecule has 0 unspecified atom stereocenters. The minimum absolute atomic E-state index is 0.179. The molecule has 2 aromatic heterocycles. The predicted octanol–water partition coefficient (Wildman–Crippen LogP) is 5.37. The molecule has 2 heterocycles. The number of amides is 1. The molecule has 136 valence electrons. The van der Waals surface area contributed by atoms with Crippen molar-refractivity contribution in [2.45, 2.75) is 5.03 Å². The summed E-state index contributed by atoms with van der Waals surface area (Å²) >= 11 is 7.35. The van der Waals surface area contributed by atoms with E-state index in [0.717, 1.165) is 16.4 Å². The number of nitrogens with zero attached hydrogens (tertiary/aromatic N) is 1. The minimum Gasteiger partial charge on any atom is -0.495 e. The van der Waals surface area contributed by atoms with Gasteiger partial charge in [0, 0.05) is 23.0 Å². The van der Waals surface area contributed by atoms with Crippen LogP contribution in [0.4, 0.5) is 5.69 Å². The Kier molecular flexibility index (Phi) is 4.92. The zero-order valence-electron chi connectivity index (χ0n) is 14.4. The number of fused-ring (bicyclic) bond motifs is 3. The average Bonchev–Trinajstić information content (AvgIpc) is 3.04. The van der Waals surface area contributed by atoms with Crippen LogP contribution >= 0.6 is 23.4 Å². The van der Waals surface area contributed by atoms with Gasteiger partial charge in [-0.05, 0) is 24.3 Å². The van der Waals surface area contributed by atoms with Gasteiger partial charge in [-0.25, -0.2) is 4.98 Å². The van der Waals surface area contributed by atoms with E-state index in [2.05, 4.69) is 10.3 Å². The topological polar surface area (TPSA) is 64.4 Å². The lowest BCUT2D eigenvalue weighted by molar-refractivity contribution is -0.113. The molecule has 0 bridgehead atoms. The summed E-state index contributed by atoms with van der Waals surface area (Å²) in [4.78, 5) is 16.6. The second-order valence-corrected chi connectivity index (χ2v) is 7.15. The molecule has 7 heteroatoms. The number of anilines is 1. The van der Waals surface area contributed by atoms with Gasteiger partial charge in [0.2, 0.25) is 5.91 Å². The van der Waals surface area contributed by atoms with Crippen molar-refractivity contribution in [1.29, 1.82) is 0 Å². The van der Waals surface area contributed by atoms with Gasteiger partial charge in [0.05, 0.1) is 23.6 Å². The van der Waals surface area contributed by atoms with E-state index >= 15 is 0 Å². The summed E-state index contributed by atoms with van der Waals surface area (Å²) in [5.41, 5.74) is 2.04. The summed E-state index contributed by atoms with van der Waals surface area (Å²) in [6.07, 6.45) is 1.64. The third kappa shape index (κ3) is 3.59. The number of thioether (sulfide) groups is 1. The van der Waals surface area contributed by atoms with Crippen LogP contribution in [0.3, 0.4) is 0 Å². The zero-order valence-corrected chi connectivity index (χ0v) is 15.9. The van der Waals surface area contributed by atoms with Crippen LogP contribution in [0.5, 0.6) is 5.75 Å². The lowest BCUT2D eigenvalue weighted by Crippen LogP contribution is -2.14. The number of halogens is 1. The molecular weight excluding hydrogens is 384 g/mol. The normalized spacial score (nSPS) is 11.0. The molecule has 4 aromatic rings. The lowest BCUT2D eigenvalue weighted by Gasteiger charge is -2.10. The molecule has 5 nitrogen and oxygen atoms in total.